The average molecular weight is 176 g/mol. The Hall–Kier alpha value is 0.137. The fourth-order valence-electron chi connectivity index (χ4n) is 0.297. The molecule has 0 atom stereocenters. The number of hydrogen-bond acceptors (Lipinski definition) is 2. The summed E-state index contributed by atoms with van der Waals surface area (Å²) < 4.78 is 5.32. The highest BCUT2D eigenvalue weighted by molar-refractivity contribution is 6.69. The Balaban J connectivity index is 3.70. The van der Waals surface area contributed by atoms with Gasteiger partial charge in [0.05, 0.1) is 5.60 Å². The highest BCUT2D eigenvalue weighted by Gasteiger charge is 2.23. The SMILES string of the molecule is CCC(C)(C)OO[Si](C)(C)C. The van der Waals surface area contributed by atoms with Gasteiger partial charge in [-0.05, 0) is 39.9 Å². The monoisotopic (exact) mass is 176 g/mol. The highest BCUT2D eigenvalue weighted by atomic mass is 28.4. The second-order valence-electron chi connectivity index (χ2n) is 4.39. The summed E-state index contributed by atoms with van der Waals surface area (Å²) >= 11 is 0. The topological polar surface area (TPSA) is 18.5 Å². The Morgan fingerprint density at radius 3 is 1.91 bits per heavy atom. The van der Waals surface area contributed by atoms with Gasteiger partial charge in [0.25, 0.3) is 0 Å². The second kappa shape index (κ2) is 3.69. The maximum atomic E-state index is 5.32. The van der Waals surface area contributed by atoms with E-state index in [4.69, 9.17) is 9.46 Å². The van der Waals surface area contributed by atoms with E-state index in [0.717, 1.165) is 6.42 Å². The van der Waals surface area contributed by atoms with Crippen molar-refractivity contribution in [3.05, 3.63) is 0 Å². The van der Waals surface area contributed by atoms with Crippen LogP contribution in [-0.2, 0) is 9.46 Å². The summed E-state index contributed by atoms with van der Waals surface area (Å²) in [5, 5.41) is 0. The molecule has 0 aromatic carbocycles. The molecule has 0 spiro atoms. The summed E-state index contributed by atoms with van der Waals surface area (Å²) in [6, 6.07) is 0. The molecule has 0 aliphatic rings. The van der Waals surface area contributed by atoms with Gasteiger partial charge < -0.3 is 0 Å². The number of hydrogen-bond donors (Lipinski definition) is 0. The van der Waals surface area contributed by atoms with E-state index in [1.54, 1.807) is 0 Å². The molecule has 0 saturated carbocycles. The third kappa shape index (κ3) is 6.53. The van der Waals surface area contributed by atoms with Crippen molar-refractivity contribution in [2.45, 2.75) is 52.4 Å². The van der Waals surface area contributed by atoms with Gasteiger partial charge in [-0.25, -0.2) is 4.89 Å². The molecule has 0 N–H and O–H groups in total. The van der Waals surface area contributed by atoms with Gasteiger partial charge in [-0.2, -0.15) is 0 Å². The fourth-order valence-corrected chi connectivity index (χ4v) is 0.772. The van der Waals surface area contributed by atoms with E-state index in [2.05, 4.69) is 26.6 Å². The second-order valence-corrected chi connectivity index (χ2v) is 8.78. The van der Waals surface area contributed by atoms with Crippen LogP contribution in [0.1, 0.15) is 27.2 Å². The lowest BCUT2D eigenvalue weighted by molar-refractivity contribution is -0.291. The van der Waals surface area contributed by atoms with Gasteiger partial charge in [0.1, 0.15) is 0 Å². The predicted molar refractivity (Wildman–Crippen MR) is 49.9 cm³/mol. The Bertz CT molecular complexity index is 116. The van der Waals surface area contributed by atoms with Crippen molar-refractivity contribution in [1.29, 1.82) is 0 Å². The lowest BCUT2D eigenvalue weighted by Gasteiger charge is -2.26. The van der Waals surface area contributed by atoms with Gasteiger partial charge in [0, 0.05) is 0 Å². The van der Waals surface area contributed by atoms with Gasteiger partial charge >= 0.3 is 0 Å². The van der Waals surface area contributed by atoms with Crippen LogP contribution in [0.4, 0.5) is 0 Å². The van der Waals surface area contributed by atoms with Gasteiger partial charge in [0.2, 0.25) is 8.32 Å². The van der Waals surface area contributed by atoms with Crippen LogP contribution in [0.3, 0.4) is 0 Å². The molecule has 11 heavy (non-hydrogen) atoms. The molecule has 0 aromatic rings. The third-order valence-electron chi connectivity index (χ3n) is 1.37. The largest absolute Gasteiger partial charge is 0.287 e. The fraction of sp³-hybridized carbons (Fsp3) is 1.00. The lowest BCUT2D eigenvalue weighted by atomic mass is 10.1. The molecule has 0 rings (SSSR count). The molecule has 3 heteroatoms. The van der Waals surface area contributed by atoms with Crippen molar-refractivity contribution in [2.24, 2.45) is 0 Å². The Kier molecular flexibility index (Phi) is 3.74. The zero-order valence-electron chi connectivity index (χ0n) is 8.52. The molecule has 0 heterocycles. The van der Waals surface area contributed by atoms with E-state index in [1.807, 2.05) is 13.8 Å². The van der Waals surface area contributed by atoms with Crippen molar-refractivity contribution < 1.29 is 9.46 Å². The van der Waals surface area contributed by atoms with Gasteiger partial charge in [-0.1, -0.05) is 6.92 Å². The molecule has 0 aromatic heterocycles. The van der Waals surface area contributed by atoms with E-state index in [9.17, 15) is 0 Å². The minimum Gasteiger partial charge on any atom is -0.287 e. The van der Waals surface area contributed by atoms with E-state index in [-0.39, 0.29) is 5.60 Å². The van der Waals surface area contributed by atoms with Crippen LogP contribution < -0.4 is 0 Å². The number of rotatable bonds is 4. The summed E-state index contributed by atoms with van der Waals surface area (Å²) in [6.45, 7) is 12.5. The van der Waals surface area contributed by atoms with Crippen molar-refractivity contribution in [2.75, 3.05) is 0 Å². The Morgan fingerprint density at radius 1 is 1.18 bits per heavy atom. The van der Waals surface area contributed by atoms with E-state index in [1.165, 1.54) is 0 Å². The van der Waals surface area contributed by atoms with Gasteiger partial charge in [-0.15, -0.1) is 0 Å². The van der Waals surface area contributed by atoms with Crippen molar-refractivity contribution in [3.8, 4) is 0 Å². The maximum Gasteiger partial charge on any atom is 0.230 e. The first kappa shape index (κ1) is 11.1. The Labute approximate surface area is 71.0 Å². The van der Waals surface area contributed by atoms with E-state index < -0.39 is 8.32 Å². The van der Waals surface area contributed by atoms with Crippen molar-refractivity contribution >= 4 is 8.32 Å². The van der Waals surface area contributed by atoms with E-state index in [0.29, 0.717) is 0 Å². The average Bonchev–Trinajstić information content (AvgIpc) is 1.83. The van der Waals surface area contributed by atoms with Crippen LogP contribution >= 0.6 is 0 Å². The zero-order chi connectivity index (χ0) is 9.12. The molecule has 0 amide bonds. The van der Waals surface area contributed by atoms with Gasteiger partial charge in [0.15, 0.2) is 0 Å². The lowest BCUT2D eigenvalue weighted by Crippen LogP contribution is -2.33. The van der Waals surface area contributed by atoms with Crippen LogP contribution in [0.5, 0.6) is 0 Å². The van der Waals surface area contributed by atoms with Gasteiger partial charge in [-0.3, -0.25) is 4.58 Å². The van der Waals surface area contributed by atoms with Crippen LogP contribution in [0.25, 0.3) is 0 Å². The van der Waals surface area contributed by atoms with Crippen LogP contribution in [0.2, 0.25) is 19.6 Å². The summed E-state index contributed by atoms with van der Waals surface area (Å²) in [5.74, 6) is 0. The third-order valence-corrected chi connectivity index (χ3v) is 1.95. The smallest absolute Gasteiger partial charge is 0.230 e. The zero-order valence-corrected chi connectivity index (χ0v) is 9.52. The van der Waals surface area contributed by atoms with E-state index >= 15 is 0 Å². The maximum absolute atomic E-state index is 5.32. The predicted octanol–water partition coefficient (Wildman–Crippen LogP) is 2.96. The highest BCUT2D eigenvalue weighted by Crippen LogP contribution is 2.16. The first-order valence-corrected chi connectivity index (χ1v) is 7.54. The molecule has 0 aliphatic heterocycles. The first-order chi connectivity index (χ1) is 4.77. The summed E-state index contributed by atoms with van der Waals surface area (Å²) in [6.07, 6.45) is 0.970. The van der Waals surface area contributed by atoms with Crippen molar-refractivity contribution in [1.82, 2.24) is 0 Å². The quantitative estimate of drug-likeness (QED) is 0.372. The molecule has 0 radical (unpaired) electrons. The molecular formula is C8H20O2Si. The minimum absolute atomic E-state index is 0.139. The normalized spacial score (nSPS) is 13.6. The molecule has 0 fully saturated rings. The molecule has 0 aliphatic carbocycles. The van der Waals surface area contributed by atoms with Crippen molar-refractivity contribution in [3.63, 3.8) is 0 Å². The minimum atomic E-state index is -1.51. The molecule has 0 unspecified atom stereocenters. The first-order valence-electron chi connectivity index (χ1n) is 4.14. The summed E-state index contributed by atoms with van der Waals surface area (Å²) in [4.78, 5) is 5.30. The summed E-state index contributed by atoms with van der Waals surface area (Å²) in [7, 11) is -1.51. The molecular weight excluding hydrogens is 156 g/mol. The molecule has 0 bridgehead atoms. The van der Waals surface area contributed by atoms with Crippen LogP contribution in [0.15, 0.2) is 0 Å². The molecule has 2 nitrogen and oxygen atoms in total. The van der Waals surface area contributed by atoms with Crippen LogP contribution in [-0.4, -0.2) is 13.9 Å². The molecule has 0 saturated heterocycles. The molecule has 68 valence electrons. The summed E-state index contributed by atoms with van der Waals surface area (Å²) in [5.41, 5.74) is -0.139. The standard InChI is InChI=1S/C8H20O2Si/c1-7-8(2,3)9-10-11(4,5)6/h7H2,1-6H3. The Morgan fingerprint density at radius 2 is 1.64 bits per heavy atom. The van der Waals surface area contributed by atoms with Crippen LogP contribution in [0, 0.1) is 0 Å².